The number of carbonyl (C=O) groups excluding carboxylic acids is 2. The highest BCUT2D eigenvalue weighted by atomic mass is 19.1. The van der Waals surface area contributed by atoms with Gasteiger partial charge in [-0.3, -0.25) is 9.59 Å². The van der Waals surface area contributed by atoms with Crippen molar-refractivity contribution in [1.29, 1.82) is 0 Å². The Hall–Kier alpha value is -2.76. The van der Waals surface area contributed by atoms with E-state index in [-0.39, 0.29) is 35.9 Å². The molecule has 1 N–H and O–H groups in total. The summed E-state index contributed by atoms with van der Waals surface area (Å²) in [7, 11) is 0. The van der Waals surface area contributed by atoms with Crippen molar-refractivity contribution in [3.63, 3.8) is 0 Å². The van der Waals surface area contributed by atoms with Gasteiger partial charge < -0.3 is 10.2 Å². The van der Waals surface area contributed by atoms with Crippen LogP contribution in [0.2, 0.25) is 0 Å². The number of hydrogen-bond donors (Lipinski definition) is 1. The van der Waals surface area contributed by atoms with Crippen molar-refractivity contribution >= 4 is 23.2 Å². The number of anilines is 2. The maximum Gasteiger partial charge on any atom is 0.233 e. The van der Waals surface area contributed by atoms with Crippen LogP contribution in [-0.2, 0) is 16.0 Å². The number of pyridine rings is 1. The van der Waals surface area contributed by atoms with Crippen molar-refractivity contribution in [3.05, 3.63) is 54.0 Å². The number of halogens is 1. The van der Waals surface area contributed by atoms with Crippen LogP contribution in [0.5, 0.6) is 0 Å². The molecular weight excluding hydrogens is 357 g/mol. The van der Waals surface area contributed by atoms with Gasteiger partial charge in [-0.05, 0) is 42.9 Å². The van der Waals surface area contributed by atoms with Crippen molar-refractivity contribution in [1.82, 2.24) is 4.98 Å². The quantitative estimate of drug-likeness (QED) is 0.796. The van der Waals surface area contributed by atoms with Gasteiger partial charge in [0, 0.05) is 30.9 Å². The molecule has 1 aliphatic carbocycles. The second-order valence-electron chi connectivity index (χ2n) is 7.96. The van der Waals surface area contributed by atoms with E-state index >= 15 is 0 Å². The Labute approximate surface area is 164 Å². The molecule has 1 amide bonds. The molecule has 2 aliphatic rings. The Kier molecular flexibility index (Phi) is 4.87. The van der Waals surface area contributed by atoms with Crippen molar-refractivity contribution in [2.24, 2.45) is 11.3 Å². The lowest BCUT2D eigenvalue weighted by molar-refractivity contribution is -0.125. The normalized spacial score (nSPS) is 21.8. The van der Waals surface area contributed by atoms with Crippen LogP contribution in [-0.4, -0.2) is 29.8 Å². The molecule has 4 rings (SSSR count). The molecule has 2 aromatic rings. The smallest absolute Gasteiger partial charge is 0.233 e. The third-order valence-corrected chi connectivity index (χ3v) is 5.93. The second-order valence-corrected chi connectivity index (χ2v) is 7.96. The Morgan fingerprint density at radius 2 is 2.11 bits per heavy atom. The number of carbonyl (C=O) groups is 2. The molecule has 0 radical (unpaired) electrons. The number of ketones is 1. The molecule has 0 bridgehead atoms. The fraction of sp³-hybridized carbons (Fsp3) is 0.409. The highest BCUT2D eigenvalue weighted by Crippen LogP contribution is 2.51. The molecule has 2 heterocycles. The lowest BCUT2D eigenvalue weighted by atomic mass is 9.83. The lowest BCUT2D eigenvalue weighted by Crippen LogP contribution is -2.34. The van der Waals surface area contributed by atoms with E-state index in [1.165, 1.54) is 6.07 Å². The van der Waals surface area contributed by atoms with E-state index in [0.29, 0.717) is 23.8 Å². The fourth-order valence-electron chi connectivity index (χ4n) is 4.00. The van der Waals surface area contributed by atoms with Gasteiger partial charge in [-0.2, -0.15) is 0 Å². The summed E-state index contributed by atoms with van der Waals surface area (Å²) in [4.78, 5) is 31.2. The summed E-state index contributed by atoms with van der Waals surface area (Å²) >= 11 is 0. The predicted molar refractivity (Wildman–Crippen MR) is 106 cm³/mol. The first-order valence-corrected chi connectivity index (χ1v) is 9.74. The third-order valence-electron chi connectivity index (χ3n) is 5.93. The van der Waals surface area contributed by atoms with Crippen molar-refractivity contribution < 1.29 is 14.0 Å². The third kappa shape index (κ3) is 3.63. The number of hydrogen-bond acceptors (Lipinski definition) is 4. The average molecular weight is 381 g/mol. The van der Waals surface area contributed by atoms with Crippen LogP contribution in [0.4, 0.5) is 15.9 Å². The number of nitrogens with zero attached hydrogens (tertiary/aromatic N) is 2. The molecule has 1 aromatic carbocycles. The molecular formula is C22H24FN3O2. The molecule has 0 unspecified atom stereocenters. The zero-order valence-electron chi connectivity index (χ0n) is 16.0. The summed E-state index contributed by atoms with van der Waals surface area (Å²) in [5.41, 5.74) is 0.943. The van der Waals surface area contributed by atoms with Gasteiger partial charge in [-0.15, -0.1) is 0 Å². The maximum atomic E-state index is 13.7. The summed E-state index contributed by atoms with van der Waals surface area (Å²) in [6.07, 6.45) is 4.83. The van der Waals surface area contributed by atoms with E-state index in [0.717, 1.165) is 24.9 Å². The van der Waals surface area contributed by atoms with Crippen LogP contribution >= 0.6 is 0 Å². The van der Waals surface area contributed by atoms with E-state index in [1.807, 2.05) is 11.0 Å². The topological polar surface area (TPSA) is 62.3 Å². The van der Waals surface area contributed by atoms with Crippen LogP contribution in [0.25, 0.3) is 0 Å². The SMILES string of the molecule is C[C@@]1(C2CC2)CCN(c2ccnc(NCC(=O)Cc3ccccc3F)c2)C1=O. The number of rotatable bonds is 7. The van der Waals surface area contributed by atoms with Crippen LogP contribution in [0.15, 0.2) is 42.6 Å². The summed E-state index contributed by atoms with van der Waals surface area (Å²) < 4.78 is 13.7. The minimum absolute atomic E-state index is 0.0315. The van der Waals surface area contributed by atoms with Crippen molar-refractivity contribution in [2.45, 2.75) is 32.6 Å². The van der Waals surface area contributed by atoms with E-state index < -0.39 is 0 Å². The maximum absolute atomic E-state index is 13.7. The Morgan fingerprint density at radius 3 is 2.86 bits per heavy atom. The van der Waals surface area contributed by atoms with Gasteiger partial charge in [-0.25, -0.2) is 9.37 Å². The Balaban J connectivity index is 1.38. The predicted octanol–water partition coefficient (Wildman–Crippen LogP) is 3.60. The molecule has 5 nitrogen and oxygen atoms in total. The molecule has 146 valence electrons. The largest absolute Gasteiger partial charge is 0.363 e. The molecule has 1 aromatic heterocycles. The number of aromatic nitrogens is 1. The van der Waals surface area contributed by atoms with Crippen LogP contribution in [0, 0.1) is 17.2 Å². The molecule has 1 aliphatic heterocycles. The second kappa shape index (κ2) is 7.34. The number of benzene rings is 1. The van der Waals surface area contributed by atoms with E-state index in [4.69, 9.17) is 0 Å². The van der Waals surface area contributed by atoms with Crippen LogP contribution < -0.4 is 10.2 Å². The highest BCUT2D eigenvalue weighted by Gasteiger charge is 2.52. The molecule has 0 spiro atoms. The fourth-order valence-corrected chi connectivity index (χ4v) is 4.00. The van der Waals surface area contributed by atoms with E-state index in [1.54, 1.807) is 30.5 Å². The molecule has 2 fully saturated rings. The Bertz CT molecular complexity index is 912. The van der Waals surface area contributed by atoms with Gasteiger partial charge >= 0.3 is 0 Å². The standard InChI is InChI=1S/C22H24FN3O2/c1-22(16-6-7-16)9-11-26(21(22)28)17-8-10-24-20(13-17)25-14-18(27)12-15-4-2-3-5-19(15)23/h2-5,8,10,13,16H,6-7,9,11-12,14H2,1H3,(H,24,25)/t22-/m0/s1. The molecule has 28 heavy (non-hydrogen) atoms. The Morgan fingerprint density at radius 1 is 1.32 bits per heavy atom. The number of Topliss-reactive ketones (excluding diaryl/α,β-unsaturated/α-hetero) is 1. The van der Waals surface area contributed by atoms with Gasteiger partial charge in [0.05, 0.1) is 12.0 Å². The van der Waals surface area contributed by atoms with Crippen LogP contribution in [0.3, 0.4) is 0 Å². The summed E-state index contributed by atoms with van der Waals surface area (Å²) in [5.74, 6) is 0.730. The summed E-state index contributed by atoms with van der Waals surface area (Å²) in [5, 5.41) is 3.00. The van der Waals surface area contributed by atoms with Gasteiger partial charge in [0.1, 0.15) is 11.6 Å². The minimum Gasteiger partial charge on any atom is -0.363 e. The first kappa shape index (κ1) is 18.6. The monoisotopic (exact) mass is 381 g/mol. The lowest BCUT2D eigenvalue weighted by Gasteiger charge is -2.23. The van der Waals surface area contributed by atoms with E-state index in [9.17, 15) is 14.0 Å². The van der Waals surface area contributed by atoms with E-state index in [2.05, 4.69) is 17.2 Å². The first-order chi connectivity index (χ1) is 13.5. The molecule has 1 saturated heterocycles. The average Bonchev–Trinajstić information content (AvgIpc) is 3.50. The molecule has 6 heteroatoms. The zero-order valence-corrected chi connectivity index (χ0v) is 16.0. The minimum atomic E-state index is -0.373. The number of nitrogens with one attached hydrogen (secondary N) is 1. The highest BCUT2D eigenvalue weighted by molar-refractivity contribution is 6.00. The van der Waals surface area contributed by atoms with Crippen molar-refractivity contribution in [2.75, 3.05) is 23.3 Å². The molecule has 1 atom stereocenters. The summed E-state index contributed by atoms with van der Waals surface area (Å²) in [6, 6.07) is 9.90. The summed E-state index contributed by atoms with van der Waals surface area (Å²) in [6.45, 7) is 2.84. The van der Waals surface area contributed by atoms with Gasteiger partial charge in [0.25, 0.3) is 0 Å². The molecule has 1 saturated carbocycles. The van der Waals surface area contributed by atoms with Gasteiger partial charge in [0.15, 0.2) is 5.78 Å². The number of amides is 1. The zero-order chi connectivity index (χ0) is 19.7. The van der Waals surface area contributed by atoms with Gasteiger partial charge in [0.2, 0.25) is 5.91 Å². The van der Waals surface area contributed by atoms with Gasteiger partial charge in [-0.1, -0.05) is 25.1 Å². The van der Waals surface area contributed by atoms with Crippen LogP contribution in [0.1, 0.15) is 31.7 Å². The van der Waals surface area contributed by atoms with Crippen molar-refractivity contribution in [3.8, 4) is 0 Å². The first-order valence-electron chi connectivity index (χ1n) is 9.74.